The number of nitrogens with zero attached hydrogens (tertiary/aromatic N) is 1. The molecule has 1 aromatic heterocycles. The first-order chi connectivity index (χ1) is 7.99. The molecule has 0 aliphatic heterocycles. The summed E-state index contributed by atoms with van der Waals surface area (Å²) in [6, 6.07) is 5.66. The number of nitrogens with one attached hydrogen (secondary N) is 2. The van der Waals surface area contributed by atoms with Gasteiger partial charge in [0.15, 0.2) is 0 Å². The van der Waals surface area contributed by atoms with Crippen LogP contribution in [0.15, 0.2) is 22.8 Å². The first-order valence-electron chi connectivity index (χ1n) is 5.64. The maximum atomic E-state index is 11.6. The molecule has 1 atom stereocenters. The van der Waals surface area contributed by atoms with Crippen LogP contribution >= 0.6 is 15.9 Å². The number of amides is 1. The normalized spacial score (nSPS) is 12.5. The summed E-state index contributed by atoms with van der Waals surface area (Å²) >= 11 is 3.31. The van der Waals surface area contributed by atoms with E-state index in [-0.39, 0.29) is 18.0 Å². The zero-order valence-electron chi connectivity index (χ0n) is 10.3. The standard InChI is InChI=1S/C12H18BrN3O/c1-8(2)15-12(17)9(3)14-7-10-5-4-6-11(13)16-10/h4-6,8-9,14H,7H2,1-3H3,(H,15,17). The fraction of sp³-hybridized carbons (Fsp3) is 0.500. The van der Waals surface area contributed by atoms with E-state index in [1.165, 1.54) is 0 Å². The Bertz CT molecular complexity index is 382. The van der Waals surface area contributed by atoms with Crippen molar-refractivity contribution >= 4 is 21.8 Å². The summed E-state index contributed by atoms with van der Waals surface area (Å²) in [4.78, 5) is 15.9. The molecule has 0 fully saturated rings. The summed E-state index contributed by atoms with van der Waals surface area (Å²) in [6.07, 6.45) is 0. The Morgan fingerprint density at radius 3 is 2.71 bits per heavy atom. The Hall–Kier alpha value is -0.940. The molecule has 4 nitrogen and oxygen atoms in total. The van der Waals surface area contributed by atoms with Crippen LogP contribution in [0.3, 0.4) is 0 Å². The largest absolute Gasteiger partial charge is 0.353 e. The first kappa shape index (κ1) is 14.1. The molecule has 94 valence electrons. The molecule has 0 bridgehead atoms. The second kappa shape index (κ2) is 6.71. The highest BCUT2D eigenvalue weighted by Crippen LogP contribution is 2.06. The van der Waals surface area contributed by atoms with E-state index in [1.807, 2.05) is 39.0 Å². The van der Waals surface area contributed by atoms with Crippen molar-refractivity contribution in [3.63, 3.8) is 0 Å². The second-order valence-electron chi connectivity index (χ2n) is 4.22. The highest BCUT2D eigenvalue weighted by molar-refractivity contribution is 9.10. The predicted octanol–water partition coefficient (Wildman–Crippen LogP) is 1.85. The topological polar surface area (TPSA) is 54.0 Å². The molecule has 1 amide bonds. The Labute approximate surface area is 110 Å². The fourth-order valence-corrected chi connectivity index (χ4v) is 1.69. The van der Waals surface area contributed by atoms with E-state index >= 15 is 0 Å². The molecule has 17 heavy (non-hydrogen) atoms. The van der Waals surface area contributed by atoms with Crippen LogP contribution in [0.25, 0.3) is 0 Å². The monoisotopic (exact) mass is 299 g/mol. The van der Waals surface area contributed by atoms with Gasteiger partial charge in [0.05, 0.1) is 11.7 Å². The van der Waals surface area contributed by atoms with Gasteiger partial charge in [0, 0.05) is 12.6 Å². The van der Waals surface area contributed by atoms with Crippen molar-refractivity contribution in [2.24, 2.45) is 0 Å². The van der Waals surface area contributed by atoms with Gasteiger partial charge in [-0.2, -0.15) is 0 Å². The van der Waals surface area contributed by atoms with Gasteiger partial charge in [-0.15, -0.1) is 0 Å². The van der Waals surface area contributed by atoms with E-state index < -0.39 is 0 Å². The average Bonchev–Trinajstić information content (AvgIpc) is 2.25. The minimum absolute atomic E-state index is 0.00926. The van der Waals surface area contributed by atoms with Crippen molar-refractivity contribution in [1.29, 1.82) is 0 Å². The lowest BCUT2D eigenvalue weighted by atomic mass is 10.2. The van der Waals surface area contributed by atoms with Gasteiger partial charge in [0.2, 0.25) is 5.91 Å². The molecule has 0 saturated carbocycles. The fourth-order valence-electron chi connectivity index (χ4n) is 1.31. The zero-order chi connectivity index (χ0) is 12.8. The summed E-state index contributed by atoms with van der Waals surface area (Å²) in [5.41, 5.74) is 0.906. The van der Waals surface area contributed by atoms with E-state index in [0.717, 1.165) is 10.3 Å². The van der Waals surface area contributed by atoms with Crippen LogP contribution in [0.1, 0.15) is 26.5 Å². The van der Waals surface area contributed by atoms with Crippen LogP contribution in [0.5, 0.6) is 0 Å². The molecule has 0 spiro atoms. The van der Waals surface area contributed by atoms with Crippen LogP contribution in [-0.2, 0) is 11.3 Å². The quantitative estimate of drug-likeness (QED) is 0.816. The minimum atomic E-state index is -0.224. The van der Waals surface area contributed by atoms with Crippen LogP contribution in [-0.4, -0.2) is 23.0 Å². The molecule has 1 unspecified atom stereocenters. The first-order valence-corrected chi connectivity index (χ1v) is 6.43. The molecular weight excluding hydrogens is 282 g/mol. The molecule has 0 aliphatic rings. The Kier molecular flexibility index (Phi) is 5.58. The summed E-state index contributed by atoms with van der Waals surface area (Å²) < 4.78 is 0.802. The van der Waals surface area contributed by atoms with E-state index in [1.54, 1.807) is 0 Å². The van der Waals surface area contributed by atoms with Gasteiger partial charge < -0.3 is 10.6 Å². The van der Waals surface area contributed by atoms with Crippen LogP contribution in [0, 0.1) is 0 Å². The summed E-state index contributed by atoms with van der Waals surface area (Å²) in [5.74, 6) is 0.00926. The lowest BCUT2D eigenvalue weighted by Crippen LogP contribution is -2.44. The number of carbonyl (C=O) groups is 1. The molecule has 0 radical (unpaired) electrons. The van der Waals surface area contributed by atoms with Gasteiger partial charge in [-0.25, -0.2) is 4.98 Å². The van der Waals surface area contributed by atoms with Crippen molar-refractivity contribution in [3.05, 3.63) is 28.5 Å². The van der Waals surface area contributed by atoms with Gasteiger partial charge in [0.1, 0.15) is 4.60 Å². The van der Waals surface area contributed by atoms with Crippen molar-refractivity contribution in [2.45, 2.75) is 39.4 Å². The number of halogens is 1. The molecule has 0 aliphatic carbocycles. The molecule has 2 N–H and O–H groups in total. The highest BCUT2D eigenvalue weighted by atomic mass is 79.9. The van der Waals surface area contributed by atoms with Crippen LogP contribution < -0.4 is 10.6 Å². The SMILES string of the molecule is CC(C)NC(=O)C(C)NCc1cccc(Br)n1. The maximum Gasteiger partial charge on any atom is 0.237 e. The lowest BCUT2D eigenvalue weighted by Gasteiger charge is -2.15. The number of rotatable bonds is 5. The van der Waals surface area contributed by atoms with Crippen LogP contribution in [0.2, 0.25) is 0 Å². The number of hydrogen-bond acceptors (Lipinski definition) is 3. The number of pyridine rings is 1. The molecular formula is C12H18BrN3O. The average molecular weight is 300 g/mol. The smallest absolute Gasteiger partial charge is 0.237 e. The van der Waals surface area contributed by atoms with Gasteiger partial charge in [-0.05, 0) is 48.8 Å². The van der Waals surface area contributed by atoms with Crippen molar-refractivity contribution in [3.8, 4) is 0 Å². The molecule has 1 heterocycles. The van der Waals surface area contributed by atoms with E-state index in [2.05, 4.69) is 31.5 Å². The summed E-state index contributed by atoms with van der Waals surface area (Å²) in [7, 11) is 0. The van der Waals surface area contributed by atoms with Gasteiger partial charge >= 0.3 is 0 Å². The van der Waals surface area contributed by atoms with Gasteiger partial charge in [-0.3, -0.25) is 4.79 Å². The van der Waals surface area contributed by atoms with Gasteiger partial charge in [-0.1, -0.05) is 6.07 Å². The third kappa shape index (κ3) is 5.28. The molecule has 5 heteroatoms. The van der Waals surface area contributed by atoms with Crippen LogP contribution in [0.4, 0.5) is 0 Å². The van der Waals surface area contributed by atoms with Crippen molar-refractivity contribution < 1.29 is 4.79 Å². The van der Waals surface area contributed by atoms with Gasteiger partial charge in [0.25, 0.3) is 0 Å². The molecule has 0 saturated heterocycles. The Balaban J connectivity index is 2.42. The van der Waals surface area contributed by atoms with E-state index in [9.17, 15) is 4.79 Å². The highest BCUT2D eigenvalue weighted by Gasteiger charge is 2.12. The number of carbonyl (C=O) groups excluding carboxylic acids is 1. The second-order valence-corrected chi connectivity index (χ2v) is 5.03. The molecule has 1 rings (SSSR count). The summed E-state index contributed by atoms with van der Waals surface area (Å²) in [5, 5.41) is 5.99. The molecule has 0 aromatic carbocycles. The van der Waals surface area contributed by atoms with E-state index in [4.69, 9.17) is 0 Å². The van der Waals surface area contributed by atoms with E-state index in [0.29, 0.717) is 6.54 Å². The maximum absolute atomic E-state index is 11.6. The summed E-state index contributed by atoms with van der Waals surface area (Å²) in [6.45, 7) is 6.31. The minimum Gasteiger partial charge on any atom is -0.353 e. The zero-order valence-corrected chi connectivity index (χ0v) is 11.9. The van der Waals surface area contributed by atoms with Crippen molar-refractivity contribution in [1.82, 2.24) is 15.6 Å². The Morgan fingerprint density at radius 2 is 2.12 bits per heavy atom. The predicted molar refractivity (Wildman–Crippen MR) is 71.5 cm³/mol. The third-order valence-electron chi connectivity index (χ3n) is 2.19. The number of hydrogen-bond donors (Lipinski definition) is 2. The molecule has 1 aromatic rings. The third-order valence-corrected chi connectivity index (χ3v) is 2.63. The number of aromatic nitrogens is 1. The lowest BCUT2D eigenvalue weighted by molar-refractivity contribution is -0.123. The van der Waals surface area contributed by atoms with Crippen molar-refractivity contribution in [2.75, 3.05) is 0 Å². The Morgan fingerprint density at radius 1 is 1.41 bits per heavy atom.